The number of amides is 2. The van der Waals surface area contributed by atoms with Crippen molar-refractivity contribution in [1.29, 1.82) is 0 Å². The van der Waals surface area contributed by atoms with Gasteiger partial charge in [0.25, 0.3) is 20.0 Å². The van der Waals surface area contributed by atoms with Crippen LogP contribution in [0, 0.1) is 0 Å². The van der Waals surface area contributed by atoms with E-state index in [0.29, 0.717) is 61.8 Å². The molecule has 0 radical (unpaired) electrons. The number of hydrogen-bond donors (Lipinski definition) is 0. The molecule has 0 atom stereocenters. The molecule has 2 heterocycles. The van der Waals surface area contributed by atoms with E-state index in [1.54, 1.807) is 34.1 Å². The maximum Gasteiger partial charge on any atom is 0.328 e. The van der Waals surface area contributed by atoms with Crippen molar-refractivity contribution in [3.63, 3.8) is 0 Å². The Hall–Kier alpha value is -4.35. The highest BCUT2D eigenvalue weighted by molar-refractivity contribution is 7.93. The van der Waals surface area contributed by atoms with E-state index in [9.17, 15) is 21.6 Å². The number of carbonyl (C=O) groups is 1. The normalized spacial score (nSPS) is 14.3. The number of hydrogen-bond acceptors (Lipinski definition) is 5. The molecule has 228 valence electrons. The minimum atomic E-state index is -3.76. The number of sulfonamides is 2. The van der Waals surface area contributed by atoms with Gasteiger partial charge in [0.15, 0.2) is 0 Å². The number of anilines is 4. The summed E-state index contributed by atoms with van der Waals surface area (Å²) < 4.78 is 56.7. The van der Waals surface area contributed by atoms with Gasteiger partial charge in [0.05, 0.1) is 21.2 Å². The first kappa shape index (κ1) is 29.7. The van der Waals surface area contributed by atoms with Crippen molar-refractivity contribution >= 4 is 48.8 Å². The van der Waals surface area contributed by atoms with E-state index < -0.39 is 20.0 Å². The summed E-state index contributed by atoms with van der Waals surface area (Å²) in [6.45, 7) is 5.17. The van der Waals surface area contributed by atoms with E-state index in [0.717, 1.165) is 11.1 Å². The van der Waals surface area contributed by atoms with Gasteiger partial charge in [-0.3, -0.25) is 18.4 Å². The lowest BCUT2D eigenvalue weighted by Gasteiger charge is -2.30. The molecule has 44 heavy (non-hydrogen) atoms. The molecular weight excluding hydrogens is 597 g/mol. The Morgan fingerprint density at radius 3 is 1.32 bits per heavy atom. The molecule has 0 unspecified atom stereocenters. The quantitative estimate of drug-likeness (QED) is 0.250. The minimum Gasteiger partial charge on any atom is -0.294 e. The molecule has 11 heteroatoms. The summed E-state index contributed by atoms with van der Waals surface area (Å²) in [6, 6.07) is 27.4. The zero-order valence-electron chi connectivity index (χ0n) is 24.6. The lowest BCUT2D eigenvalue weighted by Crippen LogP contribution is -2.43. The zero-order valence-corrected chi connectivity index (χ0v) is 26.3. The van der Waals surface area contributed by atoms with Crippen LogP contribution < -0.4 is 18.4 Å². The smallest absolute Gasteiger partial charge is 0.294 e. The van der Waals surface area contributed by atoms with Gasteiger partial charge in [0.1, 0.15) is 0 Å². The molecule has 0 aliphatic carbocycles. The molecule has 0 aromatic heterocycles. The van der Waals surface area contributed by atoms with Crippen LogP contribution in [-0.4, -0.2) is 49.0 Å². The van der Waals surface area contributed by atoms with Crippen LogP contribution in [0.25, 0.3) is 0 Å². The lowest BCUT2D eigenvalue weighted by atomic mass is 10.2. The van der Waals surface area contributed by atoms with Crippen molar-refractivity contribution in [3.05, 3.63) is 108 Å². The maximum absolute atomic E-state index is 13.8. The van der Waals surface area contributed by atoms with Crippen molar-refractivity contribution in [2.45, 2.75) is 36.5 Å². The molecule has 2 amide bonds. The standard InChI is InChI=1S/C33H34N4O5S2/c1-3-34(27-13-17-29(18-14-27)43(39,40)36-23-21-25-9-5-7-11-31(25)36)33(38)35(4-2)28-15-19-30(20-16-28)44(41,42)37-24-22-26-10-6-8-12-32(26)37/h5-20H,3-4,21-24H2,1-2H3. The van der Waals surface area contributed by atoms with Gasteiger partial charge >= 0.3 is 6.03 Å². The fraction of sp³-hybridized carbons (Fsp3) is 0.242. The number of nitrogens with zero attached hydrogens (tertiary/aromatic N) is 4. The molecule has 2 aliphatic rings. The summed E-state index contributed by atoms with van der Waals surface area (Å²) >= 11 is 0. The van der Waals surface area contributed by atoms with Crippen LogP contribution in [0.5, 0.6) is 0 Å². The van der Waals surface area contributed by atoms with Gasteiger partial charge in [-0.25, -0.2) is 21.6 Å². The summed E-state index contributed by atoms with van der Waals surface area (Å²) in [5.74, 6) is 0. The van der Waals surface area contributed by atoms with E-state index in [1.807, 2.05) is 62.4 Å². The summed E-state index contributed by atoms with van der Waals surface area (Å²) in [5.41, 5.74) is 4.52. The Morgan fingerprint density at radius 2 is 0.955 bits per heavy atom. The SMILES string of the molecule is CCN(C(=O)N(CC)c1ccc(S(=O)(=O)N2CCc3ccccc32)cc1)c1ccc(S(=O)(=O)N2CCc3ccccc32)cc1. The Balaban J connectivity index is 1.20. The van der Waals surface area contributed by atoms with Crippen molar-refractivity contribution in [1.82, 2.24) is 0 Å². The average molecular weight is 631 g/mol. The highest BCUT2D eigenvalue weighted by atomic mass is 32.2. The third-order valence-electron chi connectivity index (χ3n) is 8.26. The second kappa shape index (κ2) is 11.6. The van der Waals surface area contributed by atoms with Gasteiger partial charge in [-0.05, 0) is 98.5 Å². The van der Waals surface area contributed by atoms with Crippen molar-refractivity contribution < 1.29 is 21.6 Å². The molecule has 4 aromatic rings. The average Bonchev–Trinajstić information content (AvgIpc) is 3.68. The van der Waals surface area contributed by atoms with Gasteiger partial charge in [-0.2, -0.15) is 0 Å². The Bertz CT molecular complexity index is 1770. The fourth-order valence-corrected chi connectivity index (χ4v) is 8.97. The molecule has 6 rings (SSSR count). The van der Waals surface area contributed by atoms with Gasteiger partial charge in [0.2, 0.25) is 0 Å². The van der Waals surface area contributed by atoms with Crippen LogP contribution in [0.15, 0.2) is 107 Å². The minimum absolute atomic E-state index is 0.159. The van der Waals surface area contributed by atoms with Crippen LogP contribution in [0.3, 0.4) is 0 Å². The molecule has 2 aliphatic heterocycles. The lowest BCUT2D eigenvalue weighted by molar-refractivity contribution is 0.252. The van der Waals surface area contributed by atoms with Crippen LogP contribution in [0.2, 0.25) is 0 Å². The summed E-state index contributed by atoms with van der Waals surface area (Å²) in [7, 11) is -7.52. The molecule has 0 bridgehead atoms. The van der Waals surface area contributed by atoms with Gasteiger partial charge in [-0.1, -0.05) is 36.4 Å². The van der Waals surface area contributed by atoms with Crippen molar-refractivity contribution in [2.24, 2.45) is 0 Å². The molecule has 0 fully saturated rings. The topological polar surface area (TPSA) is 98.3 Å². The fourth-order valence-electron chi connectivity index (χ4n) is 5.97. The Kier molecular flexibility index (Phi) is 7.85. The molecule has 9 nitrogen and oxygen atoms in total. The number of fused-ring (bicyclic) bond motifs is 2. The Labute approximate surface area is 259 Å². The van der Waals surface area contributed by atoms with Crippen molar-refractivity contribution in [2.75, 3.05) is 44.6 Å². The van der Waals surface area contributed by atoms with E-state index in [1.165, 1.54) is 32.9 Å². The van der Waals surface area contributed by atoms with E-state index in [4.69, 9.17) is 0 Å². The third-order valence-corrected chi connectivity index (χ3v) is 11.9. The first-order valence-electron chi connectivity index (χ1n) is 14.7. The largest absolute Gasteiger partial charge is 0.328 e. The van der Waals surface area contributed by atoms with Gasteiger partial charge in [0, 0.05) is 37.6 Å². The second-order valence-corrected chi connectivity index (χ2v) is 14.4. The van der Waals surface area contributed by atoms with E-state index >= 15 is 0 Å². The molecule has 0 N–H and O–H groups in total. The number of carbonyl (C=O) groups excluding carboxylic acids is 1. The molecule has 0 saturated carbocycles. The van der Waals surface area contributed by atoms with Crippen LogP contribution in [-0.2, 0) is 32.9 Å². The number of para-hydroxylation sites is 2. The molecule has 0 saturated heterocycles. The number of rotatable bonds is 8. The van der Waals surface area contributed by atoms with Crippen LogP contribution in [0.1, 0.15) is 25.0 Å². The second-order valence-electron chi connectivity index (χ2n) is 10.7. The highest BCUT2D eigenvalue weighted by Crippen LogP contribution is 2.35. The summed E-state index contributed by atoms with van der Waals surface area (Å²) in [5, 5.41) is 0. The van der Waals surface area contributed by atoms with Crippen LogP contribution >= 0.6 is 0 Å². The summed E-state index contributed by atoms with van der Waals surface area (Å²) in [6.07, 6.45) is 1.33. The van der Waals surface area contributed by atoms with Crippen LogP contribution in [0.4, 0.5) is 27.5 Å². The summed E-state index contributed by atoms with van der Waals surface area (Å²) in [4.78, 5) is 17.2. The maximum atomic E-state index is 13.8. The van der Waals surface area contributed by atoms with E-state index in [2.05, 4.69) is 0 Å². The molecular formula is C33H34N4O5S2. The first-order chi connectivity index (χ1) is 21.2. The molecule has 0 spiro atoms. The predicted molar refractivity (Wildman–Crippen MR) is 174 cm³/mol. The monoisotopic (exact) mass is 630 g/mol. The number of urea groups is 1. The van der Waals surface area contributed by atoms with E-state index in [-0.39, 0.29) is 15.8 Å². The van der Waals surface area contributed by atoms with Crippen molar-refractivity contribution in [3.8, 4) is 0 Å². The Morgan fingerprint density at radius 1 is 0.591 bits per heavy atom. The first-order valence-corrected chi connectivity index (χ1v) is 17.5. The van der Waals surface area contributed by atoms with Gasteiger partial charge in [-0.15, -0.1) is 0 Å². The highest BCUT2D eigenvalue weighted by Gasteiger charge is 2.32. The third kappa shape index (κ3) is 5.09. The zero-order chi connectivity index (χ0) is 31.1. The predicted octanol–water partition coefficient (Wildman–Crippen LogP) is 5.66. The molecule has 4 aromatic carbocycles. The number of benzene rings is 4. The van der Waals surface area contributed by atoms with Gasteiger partial charge < -0.3 is 0 Å².